The summed E-state index contributed by atoms with van der Waals surface area (Å²) in [6.45, 7) is 0.820. The molecule has 0 saturated heterocycles. The lowest BCUT2D eigenvalue weighted by Gasteiger charge is -2.28. The summed E-state index contributed by atoms with van der Waals surface area (Å²) < 4.78 is 10.9. The van der Waals surface area contributed by atoms with Crippen LogP contribution in [-0.4, -0.2) is 28.6 Å². The Kier molecular flexibility index (Phi) is 4.78. The number of nitrogens with zero attached hydrogens (tertiary/aromatic N) is 2. The molecule has 0 N–H and O–H groups in total. The molecule has 3 aromatic rings. The Morgan fingerprint density at radius 3 is 2.82 bits per heavy atom. The van der Waals surface area contributed by atoms with Gasteiger partial charge in [0.25, 0.3) is 5.91 Å². The Morgan fingerprint density at radius 1 is 1.14 bits per heavy atom. The number of rotatable bonds is 5. The molecule has 0 bridgehead atoms. The van der Waals surface area contributed by atoms with E-state index in [9.17, 15) is 4.79 Å². The van der Waals surface area contributed by atoms with Gasteiger partial charge in [0.1, 0.15) is 10.7 Å². The van der Waals surface area contributed by atoms with E-state index in [1.165, 1.54) is 24.2 Å². The van der Waals surface area contributed by atoms with Gasteiger partial charge in [0.05, 0.1) is 4.88 Å². The van der Waals surface area contributed by atoms with Crippen molar-refractivity contribution in [1.82, 2.24) is 9.88 Å². The van der Waals surface area contributed by atoms with Gasteiger partial charge >= 0.3 is 0 Å². The summed E-state index contributed by atoms with van der Waals surface area (Å²) in [5.74, 6) is 1.54. The van der Waals surface area contributed by atoms with Gasteiger partial charge in [-0.05, 0) is 42.0 Å². The molecule has 28 heavy (non-hydrogen) atoms. The van der Waals surface area contributed by atoms with Gasteiger partial charge in [0.2, 0.25) is 6.79 Å². The van der Waals surface area contributed by atoms with Gasteiger partial charge in [0, 0.05) is 18.0 Å². The summed E-state index contributed by atoms with van der Waals surface area (Å²) in [6, 6.07) is 10.2. The molecule has 2 aromatic heterocycles. The largest absolute Gasteiger partial charge is 0.454 e. The Balaban J connectivity index is 1.41. The van der Waals surface area contributed by atoms with Gasteiger partial charge in [0.15, 0.2) is 11.5 Å². The van der Waals surface area contributed by atoms with E-state index in [2.05, 4.69) is 4.98 Å². The second-order valence-electron chi connectivity index (χ2n) is 7.07. The van der Waals surface area contributed by atoms with Crippen LogP contribution in [0.15, 0.2) is 41.1 Å². The van der Waals surface area contributed by atoms with Crippen molar-refractivity contribution < 1.29 is 14.3 Å². The molecule has 2 aliphatic rings. The van der Waals surface area contributed by atoms with Crippen LogP contribution in [0, 0.1) is 0 Å². The molecule has 7 heteroatoms. The Morgan fingerprint density at radius 2 is 2.00 bits per heavy atom. The van der Waals surface area contributed by atoms with Crippen molar-refractivity contribution in [3.05, 3.63) is 52.3 Å². The highest BCUT2D eigenvalue weighted by Gasteiger charge is 2.29. The number of thiophene rings is 1. The van der Waals surface area contributed by atoms with Crippen molar-refractivity contribution in [3.8, 4) is 21.4 Å². The van der Waals surface area contributed by atoms with Crippen molar-refractivity contribution in [2.24, 2.45) is 0 Å². The van der Waals surface area contributed by atoms with E-state index in [4.69, 9.17) is 9.47 Å². The number of benzene rings is 1. The average molecular weight is 413 g/mol. The first-order valence-corrected chi connectivity index (χ1v) is 11.2. The van der Waals surface area contributed by atoms with Crippen LogP contribution < -0.4 is 9.47 Å². The molecule has 5 nitrogen and oxygen atoms in total. The first-order valence-electron chi connectivity index (χ1n) is 9.47. The van der Waals surface area contributed by atoms with Crippen molar-refractivity contribution >= 4 is 28.6 Å². The summed E-state index contributed by atoms with van der Waals surface area (Å²) in [4.78, 5) is 21.1. The fraction of sp³-hybridized carbons (Fsp3) is 0.333. The number of fused-ring (bicyclic) bond motifs is 1. The predicted molar refractivity (Wildman–Crippen MR) is 110 cm³/mol. The Bertz CT molecular complexity index is 977. The average Bonchev–Trinajstić information content (AvgIpc) is 3.50. The highest BCUT2D eigenvalue weighted by molar-refractivity contribution is 7.20. The van der Waals surface area contributed by atoms with Crippen molar-refractivity contribution in [1.29, 1.82) is 0 Å². The molecule has 0 unspecified atom stereocenters. The predicted octanol–water partition coefficient (Wildman–Crippen LogP) is 5.19. The summed E-state index contributed by atoms with van der Waals surface area (Å²) in [6.07, 6.45) is 4.45. The minimum Gasteiger partial charge on any atom is -0.454 e. The van der Waals surface area contributed by atoms with E-state index in [-0.39, 0.29) is 18.7 Å². The SMILES string of the molecule is O=C(c1csc(-c2cccs2)n1)N(Cc1ccc2c(c1)OCO2)C1CCCC1. The third-order valence-corrected chi connectivity index (χ3v) is 7.15. The number of thiazole rings is 1. The monoisotopic (exact) mass is 412 g/mol. The van der Waals surface area contributed by atoms with E-state index in [0.717, 1.165) is 39.8 Å². The van der Waals surface area contributed by atoms with Crippen LogP contribution >= 0.6 is 22.7 Å². The van der Waals surface area contributed by atoms with Gasteiger partial charge in [-0.15, -0.1) is 22.7 Å². The Labute approximate surface area is 171 Å². The van der Waals surface area contributed by atoms with Crippen molar-refractivity contribution in [2.75, 3.05) is 6.79 Å². The van der Waals surface area contributed by atoms with Gasteiger partial charge in [-0.1, -0.05) is 25.0 Å². The zero-order valence-corrected chi connectivity index (χ0v) is 16.9. The number of hydrogen-bond donors (Lipinski definition) is 0. The molecule has 1 aliphatic heterocycles. The number of hydrogen-bond acceptors (Lipinski definition) is 6. The molecule has 1 fully saturated rings. The number of amides is 1. The summed E-state index contributed by atoms with van der Waals surface area (Å²) >= 11 is 3.18. The normalized spacial score (nSPS) is 15.9. The smallest absolute Gasteiger partial charge is 0.273 e. The van der Waals surface area contributed by atoms with E-state index in [0.29, 0.717) is 12.2 Å². The zero-order valence-electron chi connectivity index (χ0n) is 15.3. The molecule has 5 rings (SSSR count). The maximum absolute atomic E-state index is 13.4. The van der Waals surface area contributed by atoms with Crippen molar-refractivity contribution in [3.63, 3.8) is 0 Å². The third-order valence-electron chi connectivity index (χ3n) is 5.27. The number of ether oxygens (including phenoxy) is 2. The van der Waals surface area contributed by atoms with Crippen LogP contribution in [0.4, 0.5) is 0 Å². The van der Waals surface area contributed by atoms with Crippen molar-refractivity contribution in [2.45, 2.75) is 38.3 Å². The van der Waals surface area contributed by atoms with E-state index < -0.39 is 0 Å². The molecule has 144 valence electrons. The van der Waals surface area contributed by atoms with Crippen LogP contribution in [0.25, 0.3) is 9.88 Å². The topological polar surface area (TPSA) is 51.7 Å². The van der Waals surface area contributed by atoms with E-state index >= 15 is 0 Å². The molecular weight excluding hydrogens is 392 g/mol. The highest BCUT2D eigenvalue weighted by Crippen LogP contribution is 2.34. The number of carbonyl (C=O) groups excluding carboxylic acids is 1. The first kappa shape index (κ1) is 17.7. The number of aromatic nitrogens is 1. The molecule has 1 saturated carbocycles. The quantitative estimate of drug-likeness (QED) is 0.579. The lowest BCUT2D eigenvalue weighted by atomic mass is 10.1. The minimum absolute atomic E-state index is 0.0172. The van der Waals surface area contributed by atoms with Crippen LogP contribution in [0.3, 0.4) is 0 Å². The molecule has 0 radical (unpaired) electrons. The summed E-state index contributed by atoms with van der Waals surface area (Å²) in [5.41, 5.74) is 1.60. The summed E-state index contributed by atoms with van der Waals surface area (Å²) in [7, 11) is 0. The zero-order chi connectivity index (χ0) is 18.9. The molecule has 1 aromatic carbocycles. The fourth-order valence-corrected chi connectivity index (χ4v) is 5.46. The van der Waals surface area contributed by atoms with E-state index in [1.807, 2.05) is 46.0 Å². The van der Waals surface area contributed by atoms with Gasteiger partial charge in [-0.2, -0.15) is 0 Å². The molecule has 0 atom stereocenters. The number of carbonyl (C=O) groups is 1. The third kappa shape index (κ3) is 3.40. The minimum atomic E-state index is 0.0172. The second-order valence-corrected chi connectivity index (χ2v) is 8.88. The van der Waals surface area contributed by atoms with Crippen LogP contribution in [-0.2, 0) is 6.54 Å². The first-order chi connectivity index (χ1) is 13.8. The summed E-state index contributed by atoms with van der Waals surface area (Å²) in [5, 5.41) is 4.83. The maximum Gasteiger partial charge on any atom is 0.273 e. The molecule has 3 heterocycles. The lowest BCUT2D eigenvalue weighted by molar-refractivity contribution is 0.0659. The fourth-order valence-electron chi connectivity index (χ4n) is 3.85. The maximum atomic E-state index is 13.4. The van der Waals surface area contributed by atoms with Crippen LogP contribution in [0.1, 0.15) is 41.7 Å². The second kappa shape index (κ2) is 7.56. The molecule has 0 spiro atoms. The molecular formula is C21H20N2O3S2. The highest BCUT2D eigenvalue weighted by atomic mass is 32.1. The van der Waals surface area contributed by atoms with Crippen LogP contribution in [0.2, 0.25) is 0 Å². The van der Waals surface area contributed by atoms with Gasteiger partial charge in [-0.25, -0.2) is 4.98 Å². The lowest BCUT2D eigenvalue weighted by Crippen LogP contribution is -2.38. The standard InChI is InChI=1S/C21H20N2O3S2/c24-21(16-12-28-20(22-16)19-6-3-9-27-19)23(15-4-1-2-5-15)11-14-7-8-17-18(10-14)26-13-25-17/h3,6-10,12,15H,1-2,4-5,11,13H2. The van der Waals surface area contributed by atoms with Crippen LogP contribution in [0.5, 0.6) is 11.5 Å². The molecule has 1 aliphatic carbocycles. The molecule has 1 amide bonds. The van der Waals surface area contributed by atoms with Gasteiger partial charge in [-0.3, -0.25) is 4.79 Å². The Hall–Kier alpha value is -2.38. The van der Waals surface area contributed by atoms with Gasteiger partial charge < -0.3 is 14.4 Å². The van der Waals surface area contributed by atoms with E-state index in [1.54, 1.807) is 11.3 Å².